The molecular formula is C23H24N4O2. The molecule has 3 aromatic rings. The predicted molar refractivity (Wildman–Crippen MR) is 114 cm³/mol. The van der Waals surface area contributed by atoms with Crippen LogP contribution in [0.4, 0.5) is 11.4 Å². The molecule has 148 valence electrons. The number of rotatable bonds is 5. The molecule has 0 radical (unpaired) electrons. The molecule has 1 aliphatic heterocycles. The van der Waals surface area contributed by atoms with E-state index in [0.29, 0.717) is 17.7 Å². The van der Waals surface area contributed by atoms with Gasteiger partial charge in [-0.15, -0.1) is 0 Å². The molecule has 0 unspecified atom stereocenters. The highest BCUT2D eigenvalue weighted by atomic mass is 16.2. The number of nitrogens with one attached hydrogen (secondary N) is 1. The molecule has 0 aliphatic carbocycles. The van der Waals surface area contributed by atoms with Crippen molar-refractivity contribution >= 4 is 23.2 Å². The fraction of sp³-hybridized carbons (Fsp3) is 0.261. The first kappa shape index (κ1) is 18.9. The number of hydrogen-bond acceptors (Lipinski definition) is 3. The predicted octanol–water partition coefficient (Wildman–Crippen LogP) is 4.03. The number of aromatic nitrogens is 2. The monoisotopic (exact) mass is 388 g/mol. The van der Waals surface area contributed by atoms with Crippen LogP contribution in [-0.4, -0.2) is 28.1 Å². The molecule has 0 spiro atoms. The quantitative estimate of drug-likeness (QED) is 0.718. The summed E-state index contributed by atoms with van der Waals surface area (Å²) in [4.78, 5) is 26.4. The lowest BCUT2D eigenvalue weighted by atomic mass is 10.0. The highest BCUT2D eigenvalue weighted by molar-refractivity contribution is 6.05. The summed E-state index contributed by atoms with van der Waals surface area (Å²) in [6.07, 6.45) is 4.31. The van der Waals surface area contributed by atoms with Crippen molar-refractivity contribution in [2.75, 3.05) is 16.8 Å². The van der Waals surface area contributed by atoms with Crippen LogP contribution in [0.3, 0.4) is 0 Å². The summed E-state index contributed by atoms with van der Waals surface area (Å²) in [5, 5.41) is 7.42. The van der Waals surface area contributed by atoms with Crippen molar-refractivity contribution in [3.8, 4) is 11.1 Å². The minimum absolute atomic E-state index is 0.153. The van der Waals surface area contributed by atoms with E-state index in [1.54, 1.807) is 15.6 Å². The Kier molecular flexibility index (Phi) is 5.16. The van der Waals surface area contributed by atoms with Crippen LogP contribution in [0.2, 0.25) is 0 Å². The third kappa shape index (κ3) is 3.92. The highest BCUT2D eigenvalue weighted by Gasteiger charge is 2.21. The van der Waals surface area contributed by atoms with Gasteiger partial charge in [-0.3, -0.25) is 14.3 Å². The van der Waals surface area contributed by atoms with Gasteiger partial charge in [-0.05, 0) is 54.8 Å². The molecular weight excluding hydrogens is 364 g/mol. The number of aryl methyl sites for hydroxylation is 2. The molecule has 2 heterocycles. The molecule has 4 rings (SSSR count). The zero-order valence-corrected chi connectivity index (χ0v) is 16.7. The average molecular weight is 388 g/mol. The van der Waals surface area contributed by atoms with Crippen LogP contribution in [0.15, 0.2) is 54.7 Å². The van der Waals surface area contributed by atoms with Crippen molar-refractivity contribution in [2.45, 2.75) is 26.2 Å². The maximum atomic E-state index is 12.8. The van der Waals surface area contributed by atoms with Crippen molar-refractivity contribution in [3.63, 3.8) is 0 Å². The van der Waals surface area contributed by atoms with E-state index in [1.165, 1.54) is 0 Å². The zero-order chi connectivity index (χ0) is 20.4. The second-order valence-corrected chi connectivity index (χ2v) is 7.25. The summed E-state index contributed by atoms with van der Waals surface area (Å²) in [6, 6.07) is 15.0. The number of hydrogen-bond donors (Lipinski definition) is 1. The standard InChI is InChI=1S/C23H24N4O2/c1-3-21-20(15-26(2)25-21)16-6-4-7-17(14-16)23(29)24-18-9-11-19(12-10-18)27-13-5-8-22(27)28/h4,6-7,9-12,14-15H,3,5,8,13H2,1-2H3,(H,24,29). The first-order valence-electron chi connectivity index (χ1n) is 9.90. The van der Waals surface area contributed by atoms with Crippen LogP contribution < -0.4 is 10.2 Å². The van der Waals surface area contributed by atoms with Gasteiger partial charge >= 0.3 is 0 Å². The highest BCUT2D eigenvalue weighted by Crippen LogP contribution is 2.26. The minimum atomic E-state index is -0.168. The molecule has 29 heavy (non-hydrogen) atoms. The van der Waals surface area contributed by atoms with Crippen molar-refractivity contribution in [3.05, 3.63) is 66.0 Å². The third-order valence-corrected chi connectivity index (χ3v) is 5.19. The van der Waals surface area contributed by atoms with Gasteiger partial charge in [0.2, 0.25) is 5.91 Å². The van der Waals surface area contributed by atoms with Crippen LogP contribution in [0.5, 0.6) is 0 Å². The summed E-state index contributed by atoms with van der Waals surface area (Å²) in [7, 11) is 1.90. The molecule has 6 heteroatoms. The lowest BCUT2D eigenvalue weighted by molar-refractivity contribution is -0.117. The van der Waals surface area contributed by atoms with Crippen molar-refractivity contribution in [2.24, 2.45) is 7.05 Å². The van der Waals surface area contributed by atoms with Gasteiger partial charge in [-0.1, -0.05) is 19.1 Å². The van der Waals surface area contributed by atoms with Gasteiger partial charge in [0.1, 0.15) is 0 Å². The summed E-state index contributed by atoms with van der Waals surface area (Å²) in [6.45, 7) is 2.83. The fourth-order valence-electron chi connectivity index (χ4n) is 3.71. The fourth-order valence-corrected chi connectivity index (χ4v) is 3.71. The number of benzene rings is 2. The largest absolute Gasteiger partial charge is 0.322 e. The van der Waals surface area contributed by atoms with Gasteiger partial charge < -0.3 is 10.2 Å². The summed E-state index contributed by atoms with van der Waals surface area (Å²) < 4.78 is 1.80. The molecule has 1 aliphatic rings. The van der Waals surface area contributed by atoms with Crippen LogP contribution >= 0.6 is 0 Å². The Labute approximate surface area is 170 Å². The van der Waals surface area contributed by atoms with E-state index in [-0.39, 0.29) is 11.8 Å². The summed E-state index contributed by atoms with van der Waals surface area (Å²) in [5.41, 5.74) is 5.20. The lowest BCUT2D eigenvalue weighted by Gasteiger charge is -2.16. The van der Waals surface area contributed by atoms with E-state index in [2.05, 4.69) is 17.3 Å². The van der Waals surface area contributed by atoms with Crippen LogP contribution in [0.1, 0.15) is 35.8 Å². The number of anilines is 2. The normalized spacial score (nSPS) is 13.7. The van der Waals surface area contributed by atoms with Gasteiger partial charge in [-0.2, -0.15) is 5.10 Å². The minimum Gasteiger partial charge on any atom is -0.322 e. The number of carbonyl (C=O) groups excluding carboxylic acids is 2. The SMILES string of the molecule is CCc1nn(C)cc1-c1cccc(C(=O)Nc2ccc(N3CCCC3=O)cc2)c1. The Bertz CT molecular complexity index is 1050. The Morgan fingerprint density at radius 2 is 1.97 bits per heavy atom. The van der Waals surface area contributed by atoms with E-state index in [9.17, 15) is 9.59 Å². The van der Waals surface area contributed by atoms with E-state index >= 15 is 0 Å². The number of nitrogens with zero attached hydrogens (tertiary/aromatic N) is 3. The molecule has 0 saturated carbocycles. The molecule has 1 fully saturated rings. The van der Waals surface area contributed by atoms with Crippen LogP contribution in [-0.2, 0) is 18.3 Å². The summed E-state index contributed by atoms with van der Waals surface area (Å²) >= 11 is 0. The number of carbonyl (C=O) groups is 2. The van der Waals surface area contributed by atoms with Crippen molar-refractivity contribution in [1.82, 2.24) is 9.78 Å². The van der Waals surface area contributed by atoms with E-state index in [1.807, 2.05) is 55.7 Å². The van der Waals surface area contributed by atoms with Crippen LogP contribution in [0.25, 0.3) is 11.1 Å². The molecule has 2 amide bonds. The van der Waals surface area contributed by atoms with E-state index in [4.69, 9.17) is 0 Å². The molecule has 1 saturated heterocycles. The van der Waals surface area contributed by atoms with Crippen LogP contribution in [0, 0.1) is 0 Å². The van der Waals surface area contributed by atoms with Crippen molar-refractivity contribution in [1.29, 1.82) is 0 Å². The molecule has 2 aromatic carbocycles. The maximum Gasteiger partial charge on any atom is 0.255 e. The Morgan fingerprint density at radius 3 is 2.66 bits per heavy atom. The molecule has 0 atom stereocenters. The molecule has 1 aromatic heterocycles. The topological polar surface area (TPSA) is 67.2 Å². The van der Waals surface area contributed by atoms with Gasteiger partial charge in [0.25, 0.3) is 5.91 Å². The van der Waals surface area contributed by atoms with Gasteiger partial charge in [0.05, 0.1) is 5.69 Å². The maximum absolute atomic E-state index is 12.8. The van der Waals surface area contributed by atoms with E-state index < -0.39 is 0 Å². The number of amides is 2. The first-order chi connectivity index (χ1) is 14.0. The smallest absolute Gasteiger partial charge is 0.255 e. The van der Waals surface area contributed by atoms with Gasteiger partial charge in [0, 0.05) is 48.7 Å². The Hall–Kier alpha value is -3.41. The van der Waals surface area contributed by atoms with Crippen molar-refractivity contribution < 1.29 is 9.59 Å². The molecule has 0 bridgehead atoms. The Morgan fingerprint density at radius 1 is 1.17 bits per heavy atom. The Balaban J connectivity index is 1.51. The molecule has 6 nitrogen and oxygen atoms in total. The summed E-state index contributed by atoms with van der Waals surface area (Å²) in [5.74, 6) is -0.0146. The second kappa shape index (κ2) is 7.91. The second-order valence-electron chi connectivity index (χ2n) is 7.25. The van der Waals surface area contributed by atoms with Gasteiger partial charge in [0.15, 0.2) is 0 Å². The zero-order valence-electron chi connectivity index (χ0n) is 16.7. The van der Waals surface area contributed by atoms with Gasteiger partial charge in [-0.25, -0.2) is 0 Å². The third-order valence-electron chi connectivity index (χ3n) is 5.19. The average Bonchev–Trinajstić information content (AvgIpc) is 3.34. The lowest BCUT2D eigenvalue weighted by Crippen LogP contribution is -2.23. The van der Waals surface area contributed by atoms with E-state index in [0.717, 1.165) is 41.9 Å². The first-order valence-corrected chi connectivity index (χ1v) is 9.90. The molecule has 1 N–H and O–H groups in total.